The Morgan fingerprint density at radius 2 is 1.57 bits per heavy atom. The van der Waals surface area contributed by atoms with Gasteiger partial charge in [-0.3, -0.25) is 4.99 Å². The summed E-state index contributed by atoms with van der Waals surface area (Å²) < 4.78 is 0. The molecule has 1 aliphatic rings. The fourth-order valence-electron chi connectivity index (χ4n) is 3.71. The van der Waals surface area contributed by atoms with Gasteiger partial charge in [0.05, 0.1) is 22.6 Å². The molecule has 1 aliphatic heterocycles. The van der Waals surface area contributed by atoms with Crippen LogP contribution in [0.15, 0.2) is 77.8 Å². The van der Waals surface area contributed by atoms with Crippen LogP contribution >= 0.6 is 0 Å². The van der Waals surface area contributed by atoms with Crippen LogP contribution in [0.2, 0.25) is 0 Å². The van der Waals surface area contributed by atoms with E-state index < -0.39 is 16.0 Å². The van der Waals surface area contributed by atoms with Crippen LogP contribution in [0, 0.1) is 10.4 Å². The van der Waals surface area contributed by atoms with Crippen molar-refractivity contribution in [1.29, 1.82) is 0 Å². The molecule has 154 valence electrons. The topological polar surface area (TPSA) is 120 Å². The van der Waals surface area contributed by atoms with E-state index in [1.54, 1.807) is 36.4 Å². The zero-order chi connectivity index (χ0) is 21.3. The Labute approximate surface area is 173 Å². The number of hydrogen-bond donors (Lipinski definition) is 5. The third kappa shape index (κ3) is 3.96. The highest BCUT2D eigenvalue weighted by atomic mass is 16.8. The van der Waals surface area contributed by atoms with Gasteiger partial charge in [0, 0.05) is 36.2 Å². The number of hydrogen-bond acceptors (Lipinski definition) is 6. The van der Waals surface area contributed by atoms with E-state index in [-0.39, 0.29) is 11.4 Å². The van der Waals surface area contributed by atoms with Crippen LogP contribution in [-0.2, 0) is 5.54 Å². The number of fused-ring (bicyclic) bond motifs is 1. The van der Waals surface area contributed by atoms with Gasteiger partial charge in [0.25, 0.3) is 0 Å². The normalized spacial score (nSPS) is 20.4. The average Bonchev–Trinajstić information content (AvgIpc) is 2.90. The van der Waals surface area contributed by atoms with Crippen molar-refractivity contribution in [2.45, 2.75) is 18.9 Å². The predicted octanol–water partition coefficient (Wildman–Crippen LogP) is 2.35. The zero-order valence-corrected chi connectivity index (χ0v) is 16.3. The van der Waals surface area contributed by atoms with Gasteiger partial charge in [-0.05, 0) is 24.6 Å². The number of anilines is 1. The van der Waals surface area contributed by atoms with E-state index in [2.05, 4.69) is 5.32 Å². The Morgan fingerprint density at radius 1 is 0.900 bits per heavy atom. The molecule has 0 saturated heterocycles. The van der Waals surface area contributed by atoms with Crippen LogP contribution in [0.25, 0.3) is 0 Å². The Balaban J connectivity index is 1.85. The number of aliphatic imine (C=N–C) groups is 1. The second kappa shape index (κ2) is 7.96. The summed E-state index contributed by atoms with van der Waals surface area (Å²) in [6.07, 6.45) is 0.438. The maximum absolute atomic E-state index is 11.5. The van der Waals surface area contributed by atoms with Crippen molar-refractivity contribution in [3.8, 4) is 0 Å². The van der Waals surface area contributed by atoms with Crippen LogP contribution in [-0.4, -0.2) is 16.1 Å². The SMILES string of the molecule is C[C@@]1(c2cccc([NH+]([O-])O)c2)CC(c2cccc([NH+]([O-])O)c2)=Nc2ccccc2N1. The summed E-state index contributed by atoms with van der Waals surface area (Å²) in [6, 6.07) is 21.2. The molecule has 3 aromatic carbocycles. The minimum absolute atomic E-state index is 0.190. The second-order valence-corrected chi connectivity index (χ2v) is 7.48. The van der Waals surface area contributed by atoms with Gasteiger partial charge >= 0.3 is 0 Å². The average molecular weight is 406 g/mol. The van der Waals surface area contributed by atoms with Gasteiger partial charge in [0.1, 0.15) is 0 Å². The minimum atomic E-state index is -0.999. The molecule has 3 aromatic rings. The quantitative estimate of drug-likeness (QED) is 0.426. The number of para-hydroxylation sites is 2. The van der Waals surface area contributed by atoms with Crippen molar-refractivity contribution in [1.82, 2.24) is 0 Å². The summed E-state index contributed by atoms with van der Waals surface area (Å²) in [5, 5.41) is 43.3. The van der Waals surface area contributed by atoms with Crippen LogP contribution < -0.4 is 15.8 Å². The van der Waals surface area contributed by atoms with Gasteiger partial charge < -0.3 is 15.7 Å². The summed E-state index contributed by atoms with van der Waals surface area (Å²) in [6.45, 7) is 1.99. The molecule has 0 aliphatic carbocycles. The molecule has 0 amide bonds. The van der Waals surface area contributed by atoms with Gasteiger partial charge in [-0.2, -0.15) is 10.5 Å². The number of benzene rings is 3. The Morgan fingerprint density at radius 3 is 2.30 bits per heavy atom. The molecule has 0 fully saturated rings. The summed E-state index contributed by atoms with van der Waals surface area (Å²) >= 11 is 0. The Hall–Kier alpha value is -3.11. The lowest BCUT2D eigenvalue weighted by Gasteiger charge is -2.32. The molecule has 1 heterocycles. The summed E-state index contributed by atoms with van der Waals surface area (Å²) in [5.74, 6) is 0. The molecule has 0 radical (unpaired) electrons. The first-order chi connectivity index (χ1) is 14.4. The lowest BCUT2D eigenvalue weighted by atomic mass is 9.84. The molecular weight excluding hydrogens is 384 g/mol. The highest BCUT2D eigenvalue weighted by Gasteiger charge is 2.33. The third-order valence-corrected chi connectivity index (χ3v) is 5.28. The van der Waals surface area contributed by atoms with Crippen molar-refractivity contribution in [3.05, 3.63) is 94.3 Å². The highest BCUT2D eigenvalue weighted by Crippen LogP contribution is 2.39. The molecule has 2 unspecified atom stereocenters. The number of nitrogens with one attached hydrogen (secondary N) is 3. The lowest BCUT2D eigenvalue weighted by Crippen LogP contribution is -2.99. The van der Waals surface area contributed by atoms with E-state index in [1.165, 1.54) is 0 Å². The van der Waals surface area contributed by atoms with E-state index in [9.17, 15) is 20.8 Å². The van der Waals surface area contributed by atoms with E-state index in [0.717, 1.165) is 22.6 Å². The molecule has 0 saturated carbocycles. The molecule has 0 aromatic heterocycles. The van der Waals surface area contributed by atoms with Gasteiger partial charge in [0.2, 0.25) is 0 Å². The van der Waals surface area contributed by atoms with Crippen molar-refractivity contribution >= 4 is 28.5 Å². The number of rotatable bonds is 4. The zero-order valence-electron chi connectivity index (χ0n) is 16.3. The minimum Gasteiger partial charge on any atom is -0.595 e. The number of nitrogens with zero attached hydrogens (tertiary/aromatic N) is 1. The van der Waals surface area contributed by atoms with Gasteiger partial charge in [-0.25, -0.2) is 10.4 Å². The molecule has 0 spiro atoms. The molecular formula is C22H22N4O4. The summed E-state index contributed by atoms with van der Waals surface area (Å²) in [4.78, 5) is 4.83. The standard InChI is InChI=1S/C22H22N4O4/c1-22(16-7-5-9-18(13-16)26(29)30)14-21(15-6-4-8-17(12-15)25(27)28)23-19-10-2-3-11-20(19)24-22/h2-13,24-27,29H,14H2,1H3/t22-/m0/s1. The summed E-state index contributed by atoms with van der Waals surface area (Å²) in [5.41, 5.74) is 3.55. The maximum Gasteiger partial charge on any atom is 0.164 e. The molecule has 8 heteroatoms. The lowest BCUT2D eigenvalue weighted by molar-refractivity contribution is -0.991. The van der Waals surface area contributed by atoms with E-state index in [1.807, 2.05) is 43.3 Å². The Bertz CT molecular complexity index is 1100. The van der Waals surface area contributed by atoms with Crippen molar-refractivity contribution < 1.29 is 20.9 Å². The molecule has 5 N–H and O–H groups in total. The molecule has 8 nitrogen and oxygen atoms in total. The van der Waals surface area contributed by atoms with Crippen molar-refractivity contribution in [2.24, 2.45) is 4.99 Å². The van der Waals surface area contributed by atoms with E-state index >= 15 is 0 Å². The maximum atomic E-state index is 11.5. The Kier molecular flexibility index (Phi) is 5.35. The van der Waals surface area contributed by atoms with Gasteiger partial charge in [-0.15, -0.1) is 0 Å². The van der Waals surface area contributed by atoms with Crippen LogP contribution in [0.4, 0.5) is 22.7 Å². The van der Waals surface area contributed by atoms with Crippen LogP contribution in [0.3, 0.4) is 0 Å². The monoisotopic (exact) mass is 406 g/mol. The van der Waals surface area contributed by atoms with Crippen LogP contribution in [0.5, 0.6) is 0 Å². The van der Waals surface area contributed by atoms with Crippen molar-refractivity contribution in [3.63, 3.8) is 0 Å². The van der Waals surface area contributed by atoms with Crippen LogP contribution in [0.1, 0.15) is 24.5 Å². The smallest absolute Gasteiger partial charge is 0.164 e. The first-order valence-corrected chi connectivity index (χ1v) is 9.48. The fraction of sp³-hybridized carbons (Fsp3) is 0.136. The van der Waals surface area contributed by atoms with E-state index in [4.69, 9.17) is 4.99 Å². The van der Waals surface area contributed by atoms with Gasteiger partial charge in [0.15, 0.2) is 11.4 Å². The highest BCUT2D eigenvalue weighted by molar-refractivity contribution is 6.05. The van der Waals surface area contributed by atoms with Crippen molar-refractivity contribution in [2.75, 3.05) is 5.32 Å². The second-order valence-electron chi connectivity index (χ2n) is 7.48. The van der Waals surface area contributed by atoms with Gasteiger partial charge in [-0.1, -0.05) is 36.4 Å². The third-order valence-electron chi connectivity index (χ3n) is 5.28. The molecule has 3 atom stereocenters. The molecule has 30 heavy (non-hydrogen) atoms. The largest absolute Gasteiger partial charge is 0.595 e. The first-order valence-electron chi connectivity index (χ1n) is 9.48. The fourth-order valence-corrected chi connectivity index (χ4v) is 3.71. The molecule has 0 bridgehead atoms. The number of quaternary nitrogens is 2. The first kappa shape index (κ1) is 20.2. The summed E-state index contributed by atoms with van der Waals surface area (Å²) in [7, 11) is 0. The van der Waals surface area contributed by atoms with E-state index in [0.29, 0.717) is 12.0 Å². The predicted molar refractivity (Wildman–Crippen MR) is 113 cm³/mol. The molecule has 4 rings (SSSR count).